The van der Waals surface area contributed by atoms with Crippen molar-refractivity contribution >= 4 is 23.0 Å². The van der Waals surface area contributed by atoms with E-state index in [1.807, 2.05) is 19.1 Å². The molecule has 22 heavy (non-hydrogen) atoms. The number of methoxy groups -OCH3 is 1. The summed E-state index contributed by atoms with van der Waals surface area (Å²) in [6.07, 6.45) is 5.38. The zero-order chi connectivity index (χ0) is 16.0. The van der Waals surface area contributed by atoms with Crippen LogP contribution in [-0.4, -0.2) is 19.2 Å². The van der Waals surface area contributed by atoms with Crippen molar-refractivity contribution in [1.29, 1.82) is 0 Å². The Kier molecular flexibility index (Phi) is 3.47. The highest BCUT2D eigenvalue weighted by Crippen LogP contribution is 2.45. The molecule has 0 amide bonds. The van der Waals surface area contributed by atoms with Gasteiger partial charge in [-0.3, -0.25) is 4.79 Å². The highest BCUT2D eigenvalue weighted by molar-refractivity contribution is 5.95. The number of carbonyl (C=O) groups excluding carboxylic acids is 1. The van der Waals surface area contributed by atoms with Gasteiger partial charge in [-0.1, -0.05) is 13.0 Å². The largest absolute Gasteiger partial charge is 0.492 e. The van der Waals surface area contributed by atoms with Crippen LogP contribution in [-0.2, 0) is 9.53 Å². The maximum atomic E-state index is 11.3. The Labute approximate surface area is 129 Å². The van der Waals surface area contributed by atoms with E-state index in [4.69, 9.17) is 13.9 Å². The average molecular weight is 300 g/mol. The van der Waals surface area contributed by atoms with Crippen molar-refractivity contribution in [1.82, 2.24) is 0 Å². The Morgan fingerprint density at radius 1 is 1.32 bits per heavy atom. The minimum absolute atomic E-state index is 0.0662. The fourth-order valence-electron chi connectivity index (χ4n) is 3.47. The number of carbonyl (C=O) groups is 1. The molecule has 0 saturated carbocycles. The van der Waals surface area contributed by atoms with E-state index in [0.29, 0.717) is 0 Å². The molecule has 0 N–H and O–H groups in total. The molecule has 2 aromatic rings. The number of furan rings is 1. The highest BCUT2D eigenvalue weighted by Gasteiger charge is 2.31. The summed E-state index contributed by atoms with van der Waals surface area (Å²) in [7, 11) is 1.65. The van der Waals surface area contributed by atoms with Crippen LogP contribution >= 0.6 is 0 Å². The Morgan fingerprint density at radius 3 is 2.68 bits per heavy atom. The highest BCUT2D eigenvalue weighted by atomic mass is 16.5. The molecule has 0 saturated heterocycles. The van der Waals surface area contributed by atoms with Crippen LogP contribution in [0.25, 0.3) is 17.0 Å². The Hall–Kier alpha value is -2.23. The van der Waals surface area contributed by atoms with Crippen molar-refractivity contribution in [2.75, 3.05) is 7.11 Å². The van der Waals surface area contributed by atoms with Gasteiger partial charge in [-0.2, -0.15) is 0 Å². The van der Waals surface area contributed by atoms with Gasteiger partial charge >= 0.3 is 5.97 Å². The van der Waals surface area contributed by atoms with Crippen LogP contribution in [0.5, 0.6) is 5.75 Å². The number of fused-ring (bicyclic) bond motifs is 2. The maximum Gasteiger partial charge on any atom is 0.303 e. The molecule has 116 valence electrons. The topological polar surface area (TPSA) is 48.7 Å². The lowest BCUT2D eigenvalue weighted by Gasteiger charge is -2.29. The van der Waals surface area contributed by atoms with Gasteiger partial charge in [0.15, 0.2) is 11.3 Å². The Bertz CT molecular complexity index is 782. The molecule has 0 unspecified atom stereocenters. The quantitative estimate of drug-likeness (QED) is 0.783. The molecule has 1 aliphatic carbocycles. The van der Waals surface area contributed by atoms with Gasteiger partial charge in [0.1, 0.15) is 6.10 Å². The summed E-state index contributed by atoms with van der Waals surface area (Å²) in [4.78, 5) is 11.3. The normalized spacial score (nSPS) is 20.0. The summed E-state index contributed by atoms with van der Waals surface area (Å²) in [5.74, 6) is 0.541. The molecule has 4 nitrogen and oxygen atoms in total. The van der Waals surface area contributed by atoms with Crippen LogP contribution < -0.4 is 4.74 Å². The summed E-state index contributed by atoms with van der Waals surface area (Å²) in [6.45, 7) is 7.62. The fraction of sp³-hybridized carbons (Fsp3) is 0.389. The van der Waals surface area contributed by atoms with Crippen molar-refractivity contribution in [2.45, 2.75) is 39.7 Å². The van der Waals surface area contributed by atoms with Gasteiger partial charge in [0, 0.05) is 23.8 Å². The zero-order valence-electron chi connectivity index (χ0n) is 13.5. The summed E-state index contributed by atoms with van der Waals surface area (Å²) >= 11 is 0. The van der Waals surface area contributed by atoms with Crippen LogP contribution in [0.1, 0.15) is 42.0 Å². The summed E-state index contributed by atoms with van der Waals surface area (Å²) in [5, 5.41) is 1.08. The Balaban J connectivity index is 2.28. The third-order valence-corrected chi connectivity index (χ3v) is 4.40. The van der Waals surface area contributed by atoms with Crippen molar-refractivity contribution in [3.63, 3.8) is 0 Å². The predicted octanol–water partition coefficient (Wildman–Crippen LogP) is 4.12. The van der Waals surface area contributed by atoms with Gasteiger partial charge in [0.05, 0.1) is 13.4 Å². The number of ether oxygens (including phenoxy) is 2. The molecule has 0 radical (unpaired) electrons. The van der Waals surface area contributed by atoms with Gasteiger partial charge in [-0.05, 0) is 36.6 Å². The molecular formula is C18H20O4. The first-order valence-corrected chi connectivity index (χ1v) is 7.39. The average Bonchev–Trinajstić information content (AvgIpc) is 2.84. The standard InChI is InChI=1S/C18H20O4/c1-9-8-21-18-15(9)11(3)16-10(2)14(22-12(4)19)7-6-13(16)17(18)20-5/h6-8,10,14H,1-5H3/t10-,14+/m0/s1. The number of esters is 1. The summed E-state index contributed by atoms with van der Waals surface area (Å²) in [5.41, 5.74) is 5.19. The lowest BCUT2D eigenvalue weighted by atomic mass is 9.81. The van der Waals surface area contributed by atoms with Gasteiger partial charge < -0.3 is 13.9 Å². The van der Waals surface area contributed by atoms with Crippen LogP contribution in [0, 0.1) is 13.8 Å². The number of hydrogen-bond donors (Lipinski definition) is 0. The number of aryl methyl sites for hydroxylation is 2. The van der Waals surface area contributed by atoms with Crippen molar-refractivity contribution in [3.05, 3.63) is 34.6 Å². The van der Waals surface area contributed by atoms with E-state index in [1.165, 1.54) is 6.92 Å². The van der Waals surface area contributed by atoms with Gasteiger partial charge in [-0.25, -0.2) is 0 Å². The van der Waals surface area contributed by atoms with Crippen molar-refractivity contribution < 1.29 is 18.7 Å². The maximum absolute atomic E-state index is 11.3. The molecule has 3 rings (SSSR count). The SMILES string of the molecule is COc1c2c(c(C)c3c(C)coc13)[C@@H](C)[C@H](OC(C)=O)C=C2. The van der Waals surface area contributed by atoms with Crippen LogP contribution in [0.3, 0.4) is 0 Å². The van der Waals surface area contributed by atoms with Gasteiger partial charge in [0.25, 0.3) is 0 Å². The first-order chi connectivity index (χ1) is 10.5. The first-order valence-electron chi connectivity index (χ1n) is 7.39. The second-order valence-electron chi connectivity index (χ2n) is 5.83. The van der Waals surface area contributed by atoms with E-state index in [9.17, 15) is 4.79 Å². The second-order valence-corrected chi connectivity index (χ2v) is 5.83. The van der Waals surface area contributed by atoms with E-state index in [2.05, 4.69) is 13.8 Å². The summed E-state index contributed by atoms with van der Waals surface area (Å²) < 4.78 is 16.7. The lowest BCUT2D eigenvalue weighted by Crippen LogP contribution is -2.24. The van der Waals surface area contributed by atoms with Crippen LogP contribution in [0.4, 0.5) is 0 Å². The molecular weight excluding hydrogens is 280 g/mol. The van der Waals surface area contributed by atoms with E-state index < -0.39 is 0 Å². The zero-order valence-corrected chi connectivity index (χ0v) is 13.5. The van der Waals surface area contributed by atoms with Crippen LogP contribution in [0.2, 0.25) is 0 Å². The monoisotopic (exact) mass is 300 g/mol. The molecule has 0 spiro atoms. The minimum atomic E-state index is -0.268. The number of hydrogen-bond acceptors (Lipinski definition) is 4. The molecule has 1 aromatic carbocycles. The van der Waals surface area contributed by atoms with Crippen molar-refractivity contribution in [3.8, 4) is 5.75 Å². The predicted molar refractivity (Wildman–Crippen MR) is 85.2 cm³/mol. The smallest absolute Gasteiger partial charge is 0.303 e. The molecule has 1 heterocycles. The molecule has 0 bridgehead atoms. The van der Waals surface area contributed by atoms with Crippen molar-refractivity contribution in [2.24, 2.45) is 0 Å². The van der Waals surface area contributed by atoms with E-state index in [0.717, 1.165) is 39.0 Å². The second kappa shape index (κ2) is 5.20. The molecule has 4 heteroatoms. The fourth-order valence-corrected chi connectivity index (χ4v) is 3.47. The number of rotatable bonds is 2. The van der Waals surface area contributed by atoms with E-state index >= 15 is 0 Å². The minimum Gasteiger partial charge on any atom is -0.492 e. The third kappa shape index (κ3) is 2.02. The molecule has 1 aromatic heterocycles. The molecule has 1 aliphatic rings. The third-order valence-electron chi connectivity index (χ3n) is 4.40. The number of benzene rings is 1. The van der Waals surface area contributed by atoms with Crippen LogP contribution in [0.15, 0.2) is 16.8 Å². The van der Waals surface area contributed by atoms with E-state index in [1.54, 1.807) is 13.4 Å². The Morgan fingerprint density at radius 2 is 2.05 bits per heavy atom. The molecule has 2 atom stereocenters. The molecule has 0 aliphatic heterocycles. The summed E-state index contributed by atoms with van der Waals surface area (Å²) in [6, 6.07) is 0. The molecule has 0 fully saturated rings. The van der Waals surface area contributed by atoms with E-state index in [-0.39, 0.29) is 18.0 Å². The lowest BCUT2D eigenvalue weighted by molar-refractivity contribution is -0.144. The first kappa shape index (κ1) is 14.7. The van der Waals surface area contributed by atoms with Gasteiger partial charge in [0.2, 0.25) is 0 Å². The van der Waals surface area contributed by atoms with Gasteiger partial charge in [-0.15, -0.1) is 0 Å².